The van der Waals surface area contributed by atoms with Crippen molar-refractivity contribution in [3.05, 3.63) is 35.9 Å². The minimum absolute atomic E-state index is 0.769. The lowest BCUT2D eigenvalue weighted by molar-refractivity contribution is -0.224. The smallest absolute Gasteiger partial charge is 0.361 e. The molecule has 0 atom stereocenters. The van der Waals surface area contributed by atoms with Crippen LogP contribution in [0.3, 0.4) is 0 Å². The van der Waals surface area contributed by atoms with Crippen LogP contribution in [-0.4, -0.2) is 15.9 Å². The van der Waals surface area contributed by atoms with Gasteiger partial charge in [-0.15, -0.1) is 0 Å². The standard InChI is InChI=1S/C9H6Cl2F4O/c10-8(12,13)7(16,9(11,14)15)6-4-2-1-3-5-6/h1-5,16H. The molecule has 1 aromatic rings. The Morgan fingerprint density at radius 1 is 0.875 bits per heavy atom. The number of aliphatic hydroxyl groups is 1. The van der Waals surface area contributed by atoms with Gasteiger partial charge in [0.1, 0.15) is 0 Å². The van der Waals surface area contributed by atoms with Crippen LogP contribution in [0.4, 0.5) is 17.6 Å². The van der Waals surface area contributed by atoms with Crippen molar-refractivity contribution in [2.75, 3.05) is 0 Å². The molecule has 0 aliphatic heterocycles. The van der Waals surface area contributed by atoms with Crippen molar-refractivity contribution in [3.63, 3.8) is 0 Å². The fourth-order valence-corrected chi connectivity index (χ4v) is 1.67. The molecule has 0 bridgehead atoms. The number of halogens is 6. The Kier molecular flexibility index (Phi) is 3.43. The molecule has 0 amide bonds. The molecule has 0 saturated carbocycles. The first kappa shape index (κ1) is 13.5. The zero-order valence-corrected chi connectivity index (χ0v) is 9.11. The summed E-state index contributed by atoms with van der Waals surface area (Å²) in [4.78, 5) is 0. The maximum atomic E-state index is 12.9. The summed E-state index contributed by atoms with van der Waals surface area (Å²) >= 11 is 9.02. The average Bonchev–Trinajstić information content (AvgIpc) is 2.14. The van der Waals surface area contributed by atoms with Crippen LogP contribution in [0.15, 0.2) is 30.3 Å². The van der Waals surface area contributed by atoms with Crippen molar-refractivity contribution in [1.29, 1.82) is 0 Å². The second kappa shape index (κ2) is 4.05. The van der Waals surface area contributed by atoms with Gasteiger partial charge in [-0.1, -0.05) is 30.3 Å². The largest absolute Gasteiger partial charge is 0.372 e. The van der Waals surface area contributed by atoms with E-state index in [1.54, 1.807) is 0 Å². The monoisotopic (exact) mass is 276 g/mol. The van der Waals surface area contributed by atoms with Crippen molar-refractivity contribution in [3.8, 4) is 0 Å². The van der Waals surface area contributed by atoms with E-state index in [9.17, 15) is 22.7 Å². The van der Waals surface area contributed by atoms with E-state index in [0.717, 1.165) is 12.1 Å². The Labute approximate surface area is 98.6 Å². The molecule has 0 spiro atoms. The number of hydrogen-bond acceptors (Lipinski definition) is 1. The van der Waals surface area contributed by atoms with Gasteiger partial charge in [-0.25, -0.2) is 0 Å². The zero-order chi connectivity index (χ0) is 12.6. The number of hydrogen-bond donors (Lipinski definition) is 1. The second-order valence-electron chi connectivity index (χ2n) is 3.07. The van der Waals surface area contributed by atoms with Crippen molar-refractivity contribution in [1.82, 2.24) is 0 Å². The summed E-state index contributed by atoms with van der Waals surface area (Å²) < 4.78 is 51.6. The molecule has 0 unspecified atom stereocenters. The number of alkyl halides is 6. The van der Waals surface area contributed by atoms with Gasteiger partial charge in [0.2, 0.25) is 5.60 Å². The molecule has 16 heavy (non-hydrogen) atoms. The van der Waals surface area contributed by atoms with Gasteiger partial charge in [0.05, 0.1) is 0 Å². The van der Waals surface area contributed by atoms with Gasteiger partial charge in [0, 0.05) is 0 Å². The SMILES string of the molecule is OC(c1ccccc1)(C(F)(F)Cl)C(F)(F)Cl. The zero-order valence-electron chi connectivity index (χ0n) is 7.60. The van der Waals surface area contributed by atoms with Gasteiger partial charge in [-0.2, -0.15) is 17.6 Å². The van der Waals surface area contributed by atoms with Gasteiger partial charge in [0.15, 0.2) is 0 Å². The van der Waals surface area contributed by atoms with Gasteiger partial charge in [-0.05, 0) is 28.8 Å². The molecule has 1 nitrogen and oxygen atoms in total. The Hall–Kier alpha value is -0.520. The third kappa shape index (κ3) is 2.12. The maximum Gasteiger partial charge on any atom is 0.361 e. The molecule has 1 aromatic carbocycles. The average molecular weight is 277 g/mol. The molecule has 0 heterocycles. The number of benzene rings is 1. The lowest BCUT2D eigenvalue weighted by atomic mass is 9.94. The predicted molar refractivity (Wildman–Crippen MR) is 51.9 cm³/mol. The van der Waals surface area contributed by atoms with E-state index in [0.29, 0.717) is 0 Å². The molecule has 0 radical (unpaired) electrons. The highest BCUT2D eigenvalue weighted by molar-refractivity contribution is 6.26. The lowest BCUT2D eigenvalue weighted by Crippen LogP contribution is -2.52. The summed E-state index contributed by atoms with van der Waals surface area (Å²) in [6, 6.07) is 5.57. The molecule has 0 fully saturated rings. The van der Waals surface area contributed by atoms with E-state index in [1.807, 2.05) is 0 Å². The van der Waals surface area contributed by atoms with E-state index in [2.05, 4.69) is 23.2 Å². The van der Waals surface area contributed by atoms with Crippen molar-refractivity contribution in [2.45, 2.75) is 16.4 Å². The molecular weight excluding hydrogens is 271 g/mol. The Morgan fingerprint density at radius 3 is 1.56 bits per heavy atom. The summed E-state index contributed by atoms with van der Waals surface area (Å²) in [5.74, 6) is 0. The first-order valence-corrected chi connectivity index (χ1v) is 4.77. The van der Waals surface area contributed by atoms with Crippen LogP contribution in [0.1, 0.15) is 5.56 Å². The highest BCUT2D eigenvalue weighted by atomic mass is 35.5. The molecular formula is C9H6Cl2F4O. The van der Waals surface area contributed by atoms with Crippen LogP contribution in [0, 0.1) is 0 Å². The fourth-order valence-electron chi connectivity index (χ4n) is 1.17. The fraction of sp³-hybridized carbons (Fsp3) is 0.333. The van der Waals surface area contributed by atoms with Crippen LogP contribution >= 0.6 is 23.2 Å². The molecule has 0 aliphatic carbocycles. The van der Waals surface area contributed by atoms with E-state index < -0.39 is 21.9 Å². The summed E-state index contributed by atoms with van der Waals surface area (Å²) in [7, 11) is 0. The Morgan fingerprint density at radius 2 is 1.25 bits per heavy atom. The Bertz CT molecular complexity index is 344. The molecule has 0 saturated heterocycles. The summed E-state index contributed by atoms with van der Waals surface area (Å²) in [5, 5.41) is 0.169. The predicted octanol–water partition coefficient (Wildman–Crippen LogP) is 3.54. The summed E-state index contributed by atoms with van der Waals surface area (Å²) in [6.45, 7) is 0. The van der Waals surface area contributed by atoms with Crippen molar-refractivity contribution >= 4 is 23.2 Å². The quantitative estimate of drug-likeness (QED) is 0.661. The molecule has 7 heteroatoms. The van der Waals surface area contributed by atoms with Gasteiger partial charge >= 0.3 is 10.8 Å². The van der Waals surface area contributed by atoms with Crippen LogP contribution < -0.4 is 0 Å². The van der Waals surface area contributed by atoms with Crippen LogP contribution in [0.25, 0.3) is 0 Å². The molecule has 1 rings (SSSR count). The normalized spacial score (nSPS) is 13.9. The van der Waals surface area contributed by atoms with Crippen molar-refractivity contribution < 1.29 is 22.7 Å². The molecule has 0 aromatic heterocycles. The molecule has 1 N–H and O–H groups in total. The molecule has 0 aliphatic rings. The summed E-state index contributed by atoms with van der Waals surface area (Å²) in [6.07, 6.45) is 0. The van der Waals surface area contributed by atoms with E-state index in [4.69, 9.17) is 0 Å². The lowest BCUT2D eigenvalue weighted by Gasteiger charge is -2.35. The number of rotatable bonds is 3. The van der Waals surface area contributed by atoms with E-state index in [1.165, 1.54) is 18.2 Å². The minimum Gasteiger partial charge on any atom is -0.372 e. The highest BCUT2D eigenvalue weighted by Crippen LogP contribution is 2.52. The Balaban J connectivity index is 3.39. The van der Waals surface area contributed by atoms with Gasteiger partial charge in [0.25, 0.3) is 0 Å². The highest BCUT2D eigenvalue weighted by Gasteiger charge is 2.67. The van der Waals surface area contributed by atoms with Crippen LogP contribution in [-0.2, 0) is 5.60 Å². The summed E-state index contributed by atoms with van der Waals surface area (Å²) in [5.41, 5.74) is -4.74. The van der Waals surface area contributed by atoms with E-state index >= 15 is 0 Å². The van der Waals surface area contributed by atoms with Gasteiger partial charge < -0.3 is 5.11 Å². The second-order valence-corrected chi connectivity index (χ2v) is 4.02. The van der Waals surface area contributed by atoms with E-state index in [-0.39, 0.29) is 0 Å². The first-order chi connectivity index (χ1) is 7.11. The molecule has 90 valence electrons. The van der Waals surface area contributed by atoms with Crippen LogP contribution in [0.2, 0.25) is 0 Å². The topological polar surface area (TPSA) is 20.2 Å². The third-order valence-corrected chi connectivity index (χ3v) is 2.56. The van der Waals surface area contributed by atoms with Crippen molar-refractivity contribution in [2.24, 2.45) is 0 Å². The minimum atomic E-state index is -4.61. The van der Waals surface area contributed by atoms with Gasteiger partial charge in [-0.3, -0.25) is 0 Å². The van der Waals surface area contributed by atoms with Crippen LogP contribution in [0.5, 0.6) is 0 Å². The third-order valence-electron chi connectivity index (χ3n) is 2.01. The maximum absolute atomic E-state index is 12.9. The first-order valence-electron chi connectivity index (χ1n) is 4.02.